The van der Waals surface area contributed by atoms with Gasteiger partial charge in [0, 0.05) is 11.8 Å². The Bertz CT molecular complexity index is 1190. The quantitative estimate of drug-likeness (QED) is 0.420. The van der Waals surface area contributed by atoms with Crippen LogP contribution in [0, 0.1) is 30.3 Å². The minimum Gasteiger partial charge on any atom is -0.466 e. The first kappa shape index (κ1) is 21.3. The summed E-state index contributed by atoms with van der Waals surface area (Å²) in [7, 11) is 0. The number of carbonyl (C=O) groups is 2. The fraction of sp³-hybridized carbons (Fsp3) is 0.318. The first-order chi connectivity index (χ1) is 14.8. The molecule has 0 fully saturated rings. The molecule has 1 aliphatic rings. The van der Waals surface area contributed by atoms with Crippen molar-refractivity contribution in [1.82, 2.24) is 4.98 Å². The topological polar surface area (TPSA) is 59.5 Å². The van der Waals surface area contributed by atoms with Gasteiger partial charge in [-0.05, 0) is 31.9 Å². The zero-order valence-corrected chi connectivity index (χ0v) is 17.7. The number of hydrogen-bond acceptors (Lipinski definition) is 5. The maximum atomic E-state index is 14.1. The van der Waals surface area contributed by atoms with Gasteiger partial charge in [0.05, 0.1) is 30.2 Å². The van der Waals surface area contributed by atoms with Crippen LogP contribution in [-0.2, 0) is 27.3 Å². The summed E-state index contributed by atoms with van der Waals surface area (Å²) in [6.07, 6.45) is 0.324. The summed E-state index contributed by atoms with van der Waals surface area (Å²) in [6, 6.07) is 6.09. The van der Waals surface area contributed by atoms with Crippen molar-refractivity contribution in [3.05, 3.63) is 57.9 Å². The van der Waals surface area contributed by atoms with Gasteiger partial charge < -0.3 is 9.64 Å². The molecule has 31 heavy (non-hydrogen) atoms. The van der Waals surface area contributed by atoms with Gasteiger partial charge in [-0.2, -0.15) is 0 Å². The Hall–Kier alpha value is -2.94. The highest BCUT2D eigenvalue weighted by atomic mass is 32.1. The second-order valence-electron chi connectivity index (χ2n) is 7.41. The van der Waals surface area contributed by atoms with Crippen LogP contribution < -0.4 is 4.90 Å². The Morgan fingerprint density at radius 1 is 1.26 bits per heavy atom. The van der Waals surface area contributed by atoms with Crippen LogP contribution >= 0.6 is 11.3 Å². The third kappa shape index (κ3) is 4.01. The van der Waals surface area contributed by atoms with E-state index in [9.17, 15) is 22.8 Å². The Morgan fingerprint density at radius 3 is 2.77 bits per heavy atom. The fourth-order valence-corrected chi connectivity index (χ4v) is 4.76. The minimum atomic E-state index is -1.31. The van der Waals surface area contributed by atoms with Crippen LogP contribution in [0.1, 0.15) is 29.5 Å². The molecule has 2 aromatic carbocycles. The normalized spacial score (nSPS) is 16.0. The van der Waals surface area contributed by atoms with Crippen molar-refractivity contribution in [2.45, 2.75) is 33.2 Å². The maximum Gasteiger partial charge on any atom is 0.306 e. The predicted molar refractivity (Wildman–Crippen MR) is 110 cm³/mol. The van der Waals surface area contributed by atoms with E-state index in [1.165, 1.54) is 4.90 Å². The van der Waals surface area contributed by atoms with Gasteiger partial charge in [0.2, 0.25) is 5.91 Å². The van der Waals surface area contributed by atoms with E-state index in [4.69, 9.17) is 4.74 Å². The molecule has 162 valence electrons. The Labute approximate surface area is 180 Å². The van der Waals surface area contributed by atoms with Gasteiger partial charge in [0.1, 0.15) is 16.3 Å². The molecule has 0 aliphatic carbocycles. The van der Waals surface area contributed by atoms with Crippen molar-refractivity contribution < 1.29 is 27.5 Å². The lowest BCUT2D eigenvalue weighted by molar-refractivity contribution is -0.146. The standard InChI is InChI=1S/C22H19F3N2O3S/c1-3-30-18(28)8-13-7-12-6-11(2)4-5-16(12)27(22(13)29)10-17-26-20-19(25)14(23)9-15(24)21(20)31-17/h4-6,9,13H,3,7-8,10H2,1-2H3. The van der Waals surface area contributed by atoms with Gasteiger partial charge in [0.25, 0.3) is 0 Å². The van der Waals surface area contributed by atoms with E-state index >= 15 is 0 Å². The summed E-state index contributed by atoms with van der Waals surface area (Å²) in [5.74, 6) is -4.81. The minimum absolute atomic E-state index is 0.0476. The van der Waals surface area contributed by atoms with Crippen LogP contribution in [-0.4, -0.2) is 23.5 Å². The Balaban J connectivity index is 1.71. The summed E-state index contributed by atoms with van der Waals surface area (Å²) in [5.41, 5.74) is 2.15. The number of benzene rings is 2. The van der Waals surface area contributed by atoms with Crippen LogP contribution in [0.4, 0.5) is 18.9 Å². The summed E-state index contributed by atoms with van der Waals surface area (Å²) in [5, 5.41) is 0.259. The Morgan fingerprint density at radius 2 is 2.03 bits per heavy atom. The first-order valence-corrected chi connectivity index (χ1v) is 10.6. The molecule has 1 aromatic heterocycles. The van der Waals surface area contributed by atoms with Gasteiger partial charge in [0.15, 0.2) is 11.6 Å². The molecule has 0 radical (unpaired) electrons. The van der Waals surface area contributed by atoms with Gasteiger partial charge in [-0.15, -0.1) is 11.3 Å². The zero-order valence-electron chi connectivity index (χ0n) is 16.9. The number of fused-ring (bicyclic) bond motifs is 2. The largest absolute Gasteiger partial charge is 0.466 e. The summed E-state index contributed by atoms with van der Waals surface area (Å²) < 4.78 is 46.6. The van der Waals surface area contributed by atoms with Crippen molar-refractivity contribution in [3.8, 4) is 0 Å². The molecule has 1 unspecified atom stereocenters. The molecule has 5 nitrogen and oxygen atoms in total. The number of anilines is 1. The molecular weight excluding hydrogens is 429 g/mol. The summed E-state index contributed by atoms with van der Waals surface area (Å²) in [4.78, 5) is 30.7. The molecule has 0 bridgehead atoms. The average Bonchev–Trinajstić information content (AvgIpc) is 3.14. The van der Waals surface area contributed by atoms with Crippen LogP contribution in [0.5, 0.6) is 0 Å². The number of aryl methyl sites for hydroxylation is 1. The lowest BCUT2D eigenvalue weighted by atomic mass is 9.88. The highest BCUT2D eigenvalue weighted by Crippen LogP contribution is 2.36. The van der Waals surface area contributed by atoms with Gasteiger partial charge >= 0.3 is 5.97 Å². The van der Waals surface area contributed by atoms with E-state index in [0.29, 0.717) is 18.2 Å². The number of nitrogens with zero attached hydrogens (tertiary/aromatic N) is 2. The third-order valence-electron chi connectivity index (χ3n) is 5.18. The zero-order chi connectivity index (χ0) is 22.3. The Kier molecular flexibility index (Phi) is 5.70. The number of ether oxygens (including phenoxy) is 1. The molecule has 1 atom stereocenters. The van der Waals surface area contributed by atoms with E-state index in [0.717, 1.165) is 22.5 Å². The van der Waals surface area contributed by atoms with E-state index in [2.05, 4.69) is 4.98 Å². The fourth-order valence-electron chi connectivity index (χ4n) is 3.81. The van der Waals surface area contributed by atoms with E-state index < -0.39 is 34.9 Å². The molecule has 0 saturated carbocycles. The molecule has 4 rings (SSSR count). The number of rotatable bonds is 5. The maximum absolute atomic E-state index is 14.1. The number of amides is 1. The first-order valence-electron chi connectivity index (χ1n) is 9.78. The molecule has 0 saturated heterocycles. The summed E-state index contributed by atoms with van der Waals surface area (Å²) >= 11 is 0.865. The second kappa shape index (κ2) is 8.30. The van der Waals surface area contributed by atoms with Crippen molar-refractivity contribution in [3.63, 3.8) is 0 Å². The molecule has 1 amide bonds. The molecule has 3 aromatic rings. The van der Waals surface area contributed by atoms with Crippen LogP contribution in [0.2, 0.25) is 0 Å². The smallest absolute Gasteiger partial charge is 0.306 e. The van der Waals surface area contributed by atoms with E-state index in [1.54, 1.807) is 13.0 Å². The molecule has 9 heteroatoms. The molecular formula is C22H19F3N2O3S. The van der Waals surface area contributed by atoms with E-state index in [-0.39, 0.29) is 35.2 Å². The van der Waals surface area contributed by atoms with Crippen LogP contribution in [0.15, 0.2) is 24.3 Å². The lowest BCUT2D eigenvalue weighted by Crippen LogP contribution is -2.42. The molecule has 0 N–H and O–H groups in total. The third-order valence-corrected chi connectivity index (χ3v) is 6.23. The number of esters is 1. The second-order valence-corrected chi connectivity index (χ2v) is 8.49. The van der Waals surface area contributed by atoms with Crippen molar-refractivity contribution >= 4 is 39.1 Å². The highest BCUT2D eigenvalue weighted by Gasteiger charge is 2.35. The molecule has 2 heterocycles. The number of thiazole rings is 1. The van der Waals surface area contributed by atoms with Crippen molar-refractivity contribution in [1.29, 1.82) is 0 Å². The highest BCUT2D eigenvalue weighted by molar-refractivity contribution is 7.18. The van der Waals surface area contributed by atoms with Gasteiger partial charge in [-0.1, -0.05) is 17.7 Å². The van der Waals surface area contributed by atoms with Crippen molar-refractivity contribution in [2.75, 3.05) is 11.5 Å². The number of halogens is 3. The van der Waals surface area contributed by atoms with Crippen LogP contribution in [0.25, 0.3) is 10.2 Å². The molecule has 1 aliphatic heterocycles. The average molecular weight is 448 g/mol. The monoisotopic (exact) mass is 448 g/mol. The number of aromatic nitrogens is 1. The predicted octanol–water partition coefficient (Wildman–Crippen LogP) is 4.68. The number of hydrogen-bond donors (Lipinski definition) is 0. The van der Waals surface area contributed by atoms with Crippen molar-refractivity contribution in [2.24, 2.45) is 5.92 Å². The van der Waals surface area contributed by atoms with Gasteiger partial charge in [-0.3, -0.25) is 9.59 Å². The van der Waals surface area contributed by atoms with Crippen LogP contribution in [0.3, 0.4) is 0 Å². The van der Waals surface area contributed by atoms with E-state index in [1.807, 2.05) is 19.1 Å². The summed E-state index contributed by atoms with van der Waals surface area (Å²) in [6.45, 7) is 3.79. The SMILES string of the molecule is CCOC(=O)CC1Cc2cc(C)ccc2N(Cc2nc3c(F)c(F)cc(F)c3s2)C1=O. The van der Waals surface area contributed by atoms with Gasteiger partial charge in [-0.25, -0.2) is 18.2 Å². The molecule has 0 spiro atoms. The lowest BCUT2D eigenvalue weighted by Gasteiger charge is -2.33. The number of carbonyl (C=O) groups excluding carboxylic acids is 2.